The number of rotatable bonds is 4. The highest BCUT2D eigenvalue weighted by Gasteiger charge is 2.36. The standard InChI is InChI=1S/C21H30O3/c1-8-13(4)21(22)24-20-10-16(12(2)3)18-9-14(5)19(23-7)11-17(18)15(20)6/h8-9,11-12,15-16,20H,10H2,1-7H3/b13-8-/t15-,16-,20+/m0/s1. The van der Waals surface area contributed by atoms with Gasteiger partial charge in [0.05, 0.1) is 7.11 Å². The van der Waals surface area contributed by atoms with Crippen LogP contribution in [0.1, 0.15) is 69.6 Å². The maximum Gasteiger partial charge on any atom is 0.333 e. The predicted octanol–water partition coefficient (Wildman–Crippen LogP) is 5.13. The largest absolute Gasteiger partial charge is 0.496 e. The molecule has 0 saturated heterocycles. The van der Waals surface area contributed by atoms with Crippen LogP contribution in [0.5, 0.6) is 5.75 Å². The Morgan fingerprint density at radius 1 is 1.29 bits per heavy atom. The van der Waals surface area contributed by atoms with Gasteiger partial charge in [0.25, 0.3) is 0 Å². The summed E-state index contributed by atoms with van der Waals surface area (Å²) in [5, 5.41) is 0. The van der Waals surface area contributed by atoms with Crippen molar-refractivity contribution in [3.63, 3.8) is 0 Å². The smallest absolute Gasteiger partial charge is 0.333 e. The first-order valence-electron chi connectivity index (χ1n) is 8.82. The summed E-state index contributed by atoms with van der Waals surface area (Å²) in [7, 11) is 1.70. The van der Waals surface area contributed by atoms with Crippen LogP contribution in [0, 0.1) is 12.8 Å². The normalized spacial score (nSPS) is 23.8. The number of fused-ring (bicyclic) bond motifs is 1. The van der Waals surface area contributed by atoms with Crippen LogP contribution < -0.4 is 4.74 Å². The topological polar surface area (TPSA) is 35.5 Å². The summed E-state index contributed by atoms with van der Waals surface area (Å²) in [6, 6.07) is 4.39. The number of hydrogen-bond donors (Lipinski definition) is 0. The van der Waals surface area contributed by atoms with Crippen LogP contribution in [0.2, 0.25) is 0 Å². The highest BCUT2D eigenvalue weighted by molar-refractivity contribution is 5.87. The molecular weight excluding hydrogens is 300 g/mol. The van der Waals surface area contributed by atoms with E-state index in [1.807, 2.05) is 6.92 Å². The Morgan fingerprint density at radius 3 is 2.50 bits per heavy atom. The van der Waals surface area contributed by atoms with Crippen molar-refractivity contribution < 1.29 is 14.3 Å². The molecule has 0 amide bonds. The van der Waals surface area contributed by atoms with Crippen molar-refractivity contribution in [3.8, 4) is 5.75 Å². The van der Waals surface area contributed by atoms with E-state index in [0.717, 1.165) is 17.7 Å². The number of benzene rings is 1. The van der Waals surface area contributed by atoms with Crippen molar-refractivity contribution in [1.29, 1.82) is 0 Å². The Kier molecular flexibility index (Phi) is 5.74. The van der Waals surface area contributed by atoms with Gasteiger partial charge in [0.15, 0.2) is 0 Å². The zero-order valence-corrected chi connectivity index (χ0v) is 16.0. The fraction of sp³-hybridized carbons (Fsp3) is 0.571. The quantitative estimate of drug-likeness (QED) is 0.567. The molecule has 3 atom stereocenters. The van der Waals surface area contributed by atoms with E-state index in [1.165, 1.54) is 11.1 Å². The highest BCUT2D eigenvalue weighted by Crippen LogP contribution is 2.45. The van der Waals surface area contributed by atoms with Crippen LogP contribution in [-0.2, 0) is 9.53 Å². The Hall–Kier alpha value is -1.77. The first-order valence-corrected chi connectivity index (χ1v) is 8.82. The van der Waals surface area contributed by atoms with Crippen LogP contribution in [0.4, 0.5) is 0 Å². The van der Waals surface area contributed by atoms with E-state index < -0.39 is 0 Å². The number of ether oxygens (including phenoxy) is 2. The van der Waals surface area contributed by atoms with Gasteiger partial charge < -0.3 is 9.47 Å². The van der Waals surface area contributed by atoms with Gasteiger partial charge in [0.1, 0.15) is 11.9 Å². The number of esters is 1. The van der Waals surface area contributed by atoms with Gasteiger partial charge in [-0.25, -0.2) is 4.79 Å². The molecule has 0 aliphatic heterocycles. The minimum atomic E-state index is -0.209. The molecule has 1 aliphatic carbocycles. The van der Waals surface area contributed by atoms with Crippen molar-refractivity contribution in [2.45, 2.75) is 65.9 Å². The third kappa shape index (κ3) is 3.50. The van der Waals surface area contributed by atoms with Crippen molar-refractivity contribution in [3.05, 3.63) is 40.5 Å². The van der Waals surface area contributed by atoms with E-state index in [2.05, 4.69) is 39.8 Å². The van der Waals surface area contributed by atoms with Crippen molar-refractivity contribution in [2.24, 2.45) is 5.92 Å². The molecule has 3 heteroatoms. The molecule has 3 nitrogen and oxygen atoms in total. The number of methoxy groups -OCH3 is 1. The molecule has 0 spiro atoms. The third-order valence-corrected chi connectivity index (χ3v) is 5.35. The molecule has 1 aromatic carbocycles. The summed E-state index contributed by atoms with van der Waals surface area (Å²) >= 11 is 0. The van der Waals surface area contributed by atoms with Gasteiger partial charge in [-0.15, -0.1) is 0 Å². The molecule has 1 aliphatic rings. The molecule has 132 valence electrons. The summed E-state index contributed by atoms with van der Waals surface area (Å²) in [5.41, 5.74) is 4.45. The Balaban J connectivity index is 2.42. The Labute approximate surface area is 146 Å². The van der Waals surface area contributed by atoms with Gasteiger partial charge in [-0.3, -0.25) is 0 Å². The monoisotopic (exact) mass is 330 g/mol. The Morgan fingerprint density at radius 2 is 1.96 bits per heavy atom. The van der Waals surface area contributed by atoms with Crippen molar-refractivity contribution >= 4 is 5.97 Å². The van der Waals surface area contributed by atoms with Crippen LogP contribution in [0.3, 0.4) is 0 Å². The SMILES string of the molecule is C/C=C(/C)C(=O)O[C@@H]1C[C@@H](C(C)C)c2cc(C)c(OC)cc2[C@@H]1C. The summed E-state index contributed by atoms with van der Waals surface area (Å²) in [6.07, 6.45) is 2.58. The summed E-state index contributed by atoms with van der Waals surface area (Å²) in [6.45, 7) is 12.4. The Bertz CT molecular complexity index is 643. The second kappa shape index (κ2) is 7.42. The van der Waals surface area contributed by atoms with E-state index in [-0.39, 0.29) is 18.0 Å². The van der Waals surface area contributed by atoms with Gasteiger partial charge >= 0.3 is 5.97 Å². The maximum absolute atomic E-state index is 12.2. The number of hydrogen-bond acceptors (Lipinski definition) is 3. The van der Waals surface area contributed by atoms with E-state index in [4.69, 9.17) is 9.47 Å². The van der Waals surface area contributed by atoms with E-state index in [1.54, 1.807) is 20.1 Å². The molecular formula is C21H30O3. The van der Waals surface area contributed by atoms with Gasteiger partial charge in [0, 0.05) is 11.5 Å². The van der Waals surface area contributed by atoms with Crippen molar-refractivity contribution in [2.75, 3.05) is 7.11 Å². The van der Waals surface area contributed by atoms with Crippen LogP contribution >= 0.6 is 0 Å². The molecule has 2 rings (SSSR count). The average Bonchev–Trinajstić information content (AvgIpc) is 2.55. The molecule has 0 unspecified atom stereocenters. The predicted molar refractivity (Wildman–Crippen MR) is 97.7 cm³/mol. The molecule has 0 aromatic heterocycles. The van der Waals surface area contributed by atoms with E-state index in [9.17, 15) is 4.79 Å². The molecule has 0 radical (unpaired) electrons. The van der Waals surface area contributed by atoms with Crippen LogP contribution in [0.15, 0.2) is 23.8 Å². The molecule has 0 heterocycles. The maximum atomic E-state index is 12.2. The summed E-state index contributed by atoms with van der Waals surface area (Å²) in [4.78, 5) is 12.2. The lowest BCUT2D eigenvalue weighted by Gasteiger charge is -2.38. The molecule has 1 aromatic rings. The second-order valence-electron chi connectivity index (χ2n) is 7.24. The van der Waals surface area contributed by atoms with Crippen LogP contribution in [0.25, 0.3) is 0 Å². The van der Waals surface area contributed by atoms with Gasteiger partial charge in [-0.2, -0.15) is 0 Å². The van der Waals surface area contributed by atoms with Crippen LogP contribution in [-0.4, -0.2) is 19.2 Å². The molecule has 0 fully saturated rings. The second-order valence-corrected chi connectivity index (χ2v) is 7.24. The van der Waals surface area contributed by atoms with E-state index in [0.29, 0.717) is 17.4 Å². The lowest BCUT2D eigenvalue weighted by atomic mass is 9.71. The van der Waals surface area contributed by atoms with Gasteiger partial charge in [-0.1, -0.05) is 32.9 Å². The number of carbonyl (C=O) groups is 1. The van der Waals surface area contributed by atoms with Gasteiger partial charge in [0.2, 0.25) is 0 Å². The van der Waals surface area contributed by atoms with Gasteiger partial charge in [-0.05, 0) is 61.8 Å². The fourth-order valence-electron chi connectivity index (χ4n) is 3.57. The fourth-order valence-corrected chi connectivity index (χ4v) is 3.57. The zero-order chi connectivity index (χ0) is 18.0. The number of carbonyl (C=O) groups excluding carboxylic acids is 1. The minimum Gasteiger partial charge on any atom is -0.496 e. The molecule has 24 heavy (non-hydrogen) atoms. The molecule has 0 N–H and O–H groups in total. The first-order chi connectivity index (χ1) is 11.3. The lowest BCUT2D eigenvalue weighted by Crippen LogP contribution is -2.33. The lowest BCUT2D eigenvalue weighted by molar-refractivity contribution is -0.146. The number of aryl methyl sites for hydroxylation is 1. The summed E-state index contributed by atoms with van der Waals surface area (Å²) in [5.74, 6) is 1.75. The molecule has 0 saturated carbocycles. The zero-order valence-electron chi connectivity index (χ0n) is 16.0. The third-order valence-electron chi connectivity index (χ3n) is 5.35. The summed E-state index contributed by atoms with van der Waals surface area (Å²) < 4.78 is 11.4. The molecule has 0 bridgehead atoms. The average molecular weight is 330 g/mol. The number of allylic oxidation sites excluding steroid dienone is 1. The first kappa shape index (κ1) is 18.6. The van der Waals surface area contributed by atoms with Crippen molar-refractivity contribution in [1.82, 2.24) is 0 Å². The highest BCUT2D eigenvalue weighted by atomic mass is 16.5. The minimum absolute atomic E-state index is 0.0975. The van der Waals surface area contributed by atoms with E-state index >= 15 is 0 Å².